The highest BCUT2D eigenvalue weighted by Gasteiger charge is 2.14. The molecule has 0 spiro atoms. The number of benzene rings is 1. The summed E-state index contributed by atoms with van der Waals surface area (Å²) in [5.74, 6) is 0.406. The first-order valence-corrected chi connectivity index (χ1v) is 7.65. The van der Waals surface area contributed by atoms with Crippen LogP contribution in [0.4, 0.5) is 5.69 Å². The van der Waals surface area contributed by atoms with E-state index in [1.807, 2.05) is 13.8 Å². The molecule has 0 aromatic heterocycles. The molecule has 0 radical (unpaired) electrons. The lowest BCUT2D eigenvalue weighted by molar-refractivity contribution is 0.581. The summed E-state index contributed by atoms with van der Waals surface area (Å²) >= 11 is 3.30. The third kappa shape index (κ3) is 4.53. The van der Waals surface area contributed by atoms with Gasteiger partial charge < -0.3 is 5.73 Å². The third-order valence-corrected chi connectivity index (χ3v) is 4.36. The molecule has 0 unspecified atom stereocenters. The Bertz CT molecular complexity index is 449. The Kier molecular flexibility index (Phi) is 4.38. The molecule has 2 N–H and O–H groups in total. The second-order valence-electron chi connectivity index (χ2n) is 4.34. The fourth-order valence-electron chi connectivity index (χ4n) is 1.58. The minimum absolute atomic E-state index is 0.0504. The second kappa shape index (κ2) is 5.19. The first-order chi connectivity index (χ1) is 7.28. The van der Waals surface area contributed by atoms with E-state index in [9.17, 15) is 8.42 Å². The van der Waals surface area contributed by atoms with Gasteiger partial charge in [-0.3, -0.25) is 0 Å². The van der Waals surface area contributed by atoms with Crippen LogP contribution in [0, 0.1) is 5.92 Å². The number of nitrogen functional groups attached to an aromatic ring is 1. The van der Waals surface area contributed by atoms with E-state index in [0.717, 1.165) is 10.0 Å². The summed E-state index contributed by atoms with van der Waals surface area (Å²) in [5, 5.41) is 0. The molecule has 0 fully saturated rings. The third-order valence-electron chi connectivity index (χ3n) is 1.95. The number of anilines is 1. The Morgan fingerprint density at radius 2 is 1.94 bits per heavy atom. The van der Waals surface area contributed by atoms with Gasteiger partial charge in [-0.1, -0.05) is 29.8 Å². The van der Waals surface area contributed by atoms with Gasteiger partial charge in [0.25, 0.3) is 0 Å². The van der Waals surface area contributed by atoms with Crippen molar-refractivity contribution >= 4 is 31.5 Å². The molecule has 90 valence electrons. The zero-order chi connectivity index (χ0) is 12.3. The number of nitrogens with two attached hydrogens (primary N) is 1. The Morgan fingerprint density at radius 1 is 1.31 bits per heavy atom. The molecule has 0 saturated heterocycles. The summed E-state index contributed by atoms with van der Waals surface area (Å²) in [5.41, 5.74) is 6.96. The van der Waals surface area contributed by atoms with Gasteiger partial charge in [-0.2, -0.15) is 0 Å². The second-order valence-corrected chi connectivity index (χ2v) is 7.37. The topological polar surface area (TPSA) is 60.2 Å². The van der Waals surface area contributed by atoms with Gasteiger partial charge in [-0.15, -0.1) is 0 Å². The van der Waals surface area contributed by atoms with Crippen molar-refractivity contribution < 1.29 is 8.42 Å². The van der Waals surface area contributed by atoms with Gasteiger partial charge in [-0.25, -0.2) is 8.42 Å². The summed E-state index contributed by atoms with van der Waals surface area (Å²) < 4.78 is 24.4. The van der Waals surface area contributed by atoms with Gasteiger partial charge in [0.05, 0.1) is 11.5 Å². The molecule has 1 aromatic rings. The zero-order valence-corrected chi connectivity index (χ0v) is 11.8. The predicted molar refractivity (Wildman–Crippen MR) is 70.9 cm³/mol. The first kappa shape index (κ1) is 13.5. The molecule has 0 amide bonds. The molecule has 1 rings (SSSR count). The van der Waals surface area contributed by atoms with Crippen LogP contribution in [0.15, 0.2) is 22.7 Å². The molecule has 16 heavy (non-hydrogen) atoms. The quantitative estimate of drug-likeness (QED) is 0.870. The summed E-state index contributed by atoms with van der Waals surface area (Å²) in [6.45, 7) is 3.79. The van der Waals surface area contributed by atoms with E-state index in [0.29, 0.717) is 5.69 Å². The summed E-state index contributed by atoms with van der Waals surface area (Å²) in [4.78, 5) is 0. The number of sulfone groups is 1. The van der Waals surface area contributed by atoms with E-state index in [4.69, 9.17) is 5.73 Å². The highest BCUT2D eigenvalue weighted by atomic mass is 79.9. The van der Waals surface area contributed by atoms with Crippen molar-refractivity contribution in [3.8, 4) is 0 Å². The summed E-state index contributed by atoms with van der Waals surface area (Å²) in [7, 11) is -3.04. The van der Waals surface area contributed by atoms with Crippen molar-refractivity contribution in [2.24, 2.45) is 5.92 Å². The van der Waals surface area contributed by atoms with E-state index in [1.165, 1.54) is 0 Å². The number of hydrogen-bond donors (Lipinski definition) is 1. The van der Waals surface area contributed by atoms with E-state index < -0.39 is 9.84 Å². The van der Waals surface area contributed by atoms with Crippen LogP contribution in [0.2, 0.25) is 0 Å². The SMILES string of the molecule is CC(C)CS(=O)(=O)Cc1cc(N)cc(Br)c1. The van der Waals surface area contributed by atoms with E-state index in [1.54, 1.807) is 18.2 Å². The van der Waals surface area contributed by atoms with Gasteiger partial charge in [0.15, 0.2) is 9.84 Å². The molecule has 0 aliphatic carbocycles. The fraction of sp³-hybridized carbons (Fsp3) is 0.455. The van der Waals surface area contributed by atoms with Crippen LogP contribution in [0.3, 0.4) is 0 Å². The molecular formula is C11H16BrNO2S. The summed E-state index contributed by atoms with van der Waals surface area (Å²) in [6, 6.07) is 5.23. The first-order valence-electron chi connectivity index (χ1n) is 5.04. The maximum Gasteiger partial charge on any atom is 0.154 e. The monoisotopic (exact) mass is 305 g/mol. The standard InChI is InChI=1S/C11H16BrNO2S/c1-8(2)6-16(14,15)7-9-3-10(12)5-11(13)4-9/h3-5,8H,6-7,13H2,1-2H3. The molecule has 0 saturated carbocycles. The Balaban J connectivity index is 2.88. The summed E-state index contributed by atoms with van der Waals surface area (Å²) in [6.07, 6.45) is 0. The lowest BCUT2D eigenvalue weighted by Crippen LogP contribution is -2.13. The minimum atomic E-state index is -3.04. The van der Waals surface area contributed by atoms with Crippen molar-refractivity contribution in [2.75, 3.05) is 11.5 Å². The van der Waals surface area contributed by atoms with Crippen molar-refractivity contribution in [3.63, 3.8) is 0 Å². The van der Waals surface area contributed by atoms with E-state index >= 15 is 0 Å². The molecule has 0 aliphatic heterocycles. The Hall–Kier alpha value is -0.550. The molecule has 3 nitrogen and oxygen atoms in total. The van der Waals surface area contributed by atoms with Crippen LogP contribution in [0.1, 0.15) is 19.4 Å². The van der Waals surface area contributed by atoms with Crippen LogP contribution in [-0.4, -0.2) is 14.2 Å². The molecule has 0 aliphatic rings. The van der Waals surface area contributed by atoms with E-state index in [2.05, 4.69) is 15.9 Å². The largest absolute Gasteiger partial charge is 0.399 e. The lowest BCUT2D eigenvalue weighted by atomic mass is 10.2. The molecule has 5 heteroatoms. The maximum absolute atomic E-state index is 11.8. The Morgan fingerprint density at radius 3 is 2.44 bits per heavy atom. The van der Waals surface area contributed by atoms with Crippen molar-refractivity contribution in [1.82, 2.24) is 0 Å². The van der Waals surface area contributed by atoms with E-state index in [-0.39, 0.29) is 17.4 Å². The van der Waals surface area contributed by atoms with Crippen molar-refractivity contribution in [1.29, 1.82) is 0 Å². The van der Waals surface area contributed by atoms with Gasteiger partial charge in [-0.05, 0) is 29.7 Å². The molecule has 1 aromatic carbocycles. The van der Waals surface area contributed by atoms with Crippen LogP contribution < -0.4 is 5.73 Å². The molecule has 0 heterocycles. The normalized spacial score (nSPS) is 12.0. The average Bonchev–Trinajstić information content (AvgIpc) is 1.95. The average molecular weight is 306 g/mol. The smallest absolute Gasteiger partial charge is 0.154 e. The highest BCUT2D eigenvalue weighted by molar-refractivity contribution is 9.10. The maximum atomic E-state index is 11.8. The zero-order valence-electron chi connectivity index (χ0n) is 9.40. The lowest BCUT2D eigenvalue weighted by Gasteiger charge is -2.08. The van der Waals surface area contributed by atoms with Gasteiger partial charge in [0, 0.05) is 10.2 Å². The van der Waals surface area contributed by atoms with Crippen LogP contribution >= 0.6 is 15.9 Å². The fourth-order valence-corrected chi connectivity index (χ4v) is 3.95. The van der Waals surface area contributed by atoms with Crippen LogP contribution in [0.5, 0.6) is 0 Å². The van der Waals surface area contributed by atoms with Crippen molar-refractivity contribution in [3.05, 3.63) is 28.2 Å². The highest BCUT2D eigenvalue weighted by Crippen LogP contribution is 2.19. The molecular weight excluding hydrogens is 290 g/mol. The molecule has 0 atom stereocenters. The molecule has 0 bridgehead atoms. The Labute approximate surface area is 105 Å². The van der Waals surface area contributed by atoms with Crippen LogP contribution in [-0.2, 0) is 15.6 Å². The predicted octanol–water partition coefficient (Wildman–Crippen LogP) is 2.60. The van der Waals surface area contributed by atoms with Gasteiger partial charge >= 0.3 is 0 Å². The van der Waals surface area contributed by atoms with Gasteiger partial charge in [0.1, 0.15) is 0 Å². The number of halogens is 1. The van der Waals surface area contributed by atoms with Gasteiger partial charge in [0.2, 0.25) is 0 Å². The van der Waals surface area contributed by atoms with Crippen LogP contribution in [0.25, 0.3) is 0 Å². The number of hydrogen-bond acceptors (Lipinski definition) is 3. The van der Waals surface area contributed by atoms with Crippen molar-refractivity contribution in [2.45, 2.75) is 19.6 Å². The number of rotatable bonds is 4. The minimum Gasteiger partial charge on any atom is -0.399 e.